The molecule has 12 heavy (non-hydrogen) atoms. The van der Waals surface area contributed by atoms with Gasteiger partial charge in [-0.15, -0.1) is 0 Å². The normalized spacial score (nSPS) is 12.5. The topological polar surface area (TPSA) is 61.9 Å². The maximum atomic E-state index is 6.92. The van der Waals surface area contributed by atoms with Crippen LogP contribution in [0.5, 0.6) is 0 Å². The van der Waals surface area contributed by atoms with E-state index < -0.39 is 0 Å². The first-order chi connectivity index (χ1) is 5.66. The molecule has 0 aromatic heterocycles. The summed E-state index contributed by atoms with van der Waals surface area (Å²) in [4.78, 5) is 0. The highest BCUT2D eigenvalue weighted by atomic mass is 15.0. The quantitative estimate of drug-likeness (QED) is 0.323. The van der Waals surface area contributed by atoms with Gasteiger partial charge in [0.05, 0.1) is 0 Å². The average Bonchev–Trinajstić information content (AvgIpc) is 2.03. The first kappa shape index (κ1) is 11.3. The summed E-state index contributed by atoms with van der Waals surface area (Å²) in [7, 11) is 0. The molecule has 1 unspecified atom stereocenters. The number of hydrogen-bond donors (Lipinski definition) is 3. The van der Waals surface area contributed by atoms with E-state index in [9.17, 15) is 0 Å². The second-order valence-electron chi connectivity index (χ2n) is 3.35. The molecule has 3 nitrogen and oxygen atoms in total. The van der Waals surface area contributed by atoms with Crippen molar-refractivity contribution in [3.63, 3.8) is 0 Å². The van der Waals surface area contributed by atoms with Crippen LogP contribution in [-0.4, -0.2) is 12.5 Å². The van der Waals surface area contributed by atoms with Crippen molar-refractivity contribution in [2.45, 2.75) is 39.5 Å². The molecule has 0 aromatic carbocycles. The largest absolute Gasteiger partial charge is 0.370 e. The van der Waals surface area contributed by atoms with E-state index in [1.165, 1.54) is 19.3 Å². The number of nitrogens with one attached hydrogen (secondary N) is 2. The minimum Gasteiger partial charge on any atom is -0.370 e. The Morgan fingerprint density at radius 1 is 1.50 bits per heavy atom. The van der Waals surface area contributed by atoms with Gasteiger partial charge in [0, 0.05) is 6.54 Å². The molecular formula is C9H21N3. The number of guanidine groups is 1. The number of unbranched alkanes of at least 4 members (excludes halogenated alkanes) is 1. The molecule has 0 bridgehead atoms. The average molecular weight is 171 g/mol. The maximum absolute atomic E-state index is 6.92. The van der Waals surface area contributed by atoms with Crippen molar-refractivity contribution in [3.8, 4) is 0 Å². The maximum Gasteiger partial charge on any atom is 0.185 e. The first-order valence-corrected chi connectivity index (χ1v) is 4.74. The molecule has 0 aliphatic rings. The van der Waals surface area contributed by atoms with Gasteiger partial charge in [0.2, 0.25) is 0 Å². The Hall–Kier alpha value is -0.730. The predicted octanol–water partition coefficient (Wildman–Crippen LogP) is 1.69. The third-order valence-electron chi connectivity index (χ3n) is 2.14. The van der Waals surface area contributed by atoms with Crippen molar-refractivity contribution in [2.75, 3.05) is 6.54 Å². The zero-order valence-corrected chi connectivity index (χ0v) is 8.19. The van der Waals surface area contributed by atoms with Crippen LogP contribution in [-0.2, 0) is 0 Å². The molecule has 72 valence electrons. The summed E-state index contributed by atoms with van der Waals surface area (Å²) in [6.07, 6.45) is 4.90. The van der Waals surface area contributed by atoms with Crippen LogP contribution in [0, 0.1) is 11.3 Å². The lowest BCUT2D eigenvalue weighted by Crippen LogP contribution is -2.30. The van der Waals surface area contributed by atoms with Gasteiger partial charge in [-0.25, -0.2) is 0 Å². The SMILES string of the molecule is CCC(C)CCCCNC(=N)N. The van der Waals surface area contributed by atoms with Crippen LogP contribution < -0.4 is 11.1 Å². The summed E-state index contributed by atoms with van der Waals surface area (Å²) in [5.41, 5.74) is 5.13. The Labute approximate surface area is 75.2 Å². The molecule has 4 N–H and O–H groups in total. The molecule has 0 fully saturated rings. The van der Waals surface area contributed by atoms with Gasteiger partial charge in [-0.05, 0) is 12.3 Å². The Morgan fingerprint density at radius 2 is 2.17 bits per heavy atom. The van der Waals surface area contributed by atoms with Crippen LogP contribution in [0.3, 0.4) is 0 Å². The monoisotopic (exact) mass is 171 g/mol. The molecule has 0 saturated carbocycles. The molecule has 0 saturated heterocycles. The highest BCUT2D eigenvalue weighted by Crippen LogP contribution is 2.10. The molecule has 0 heterocycles. The van der Waals surface area contributed by atoms with Crippen molar-refractivity contribution in [3.05, 3.63) is 0 Å². The second-order valence-corrected chi connectivity index (χ2v) is 3.35. The van der Waals surface area contributed by atoms with E-state index in [2.05, 4.69) is 19.2 Å². The summed E-state index contributed by atoms with van der Waals surface area (Å²) < 4.78 is 0. The van der Waals surface area contributed by atoms with Crippen molar-refractivity contribution in [2.24, 2.45) is 11.7 Å². The van der Waals surface area contributed by atoms with E-state index in [1.54, 1.807) is 0 Å². The van der Waals surface area contributed by atoms with Crippen LogP contribution in [0.4, 0.5) is 0 Å². The van der Waals surface area contributed by atoms with E-state index in [0.29, 0.717) is 0 Å². The van der Waals surface area contributed by atoms with Gasteiger partial charge in [-0.2, -0.15) is 0 Å². The van der Waals surface area contributed by atoms with Crippen LogP contribution in [0.25, 0.3) is 0 Å². The van der Waals surface area contributed by atoms with E-state index in [-0.39, 0.29) is 5.96 Å². The molecule has 0 aromatic rings. The van der Waals surface area contributed by atoms with Gasteiger partial charge >= 0.3 is 0 Å². The van der Waals surface area contributed by atoms with Crippen molar-refractivity contribution in [1.82, 2.24) is 5.32 Å². The number of hydrogen-bond acceptors (Lipinski definition) is 1. The van der Waals surface area contributed by atoms with Gasteiger partial charge in [-0.1, -0.05) is 33.1 Å². The lowest BCUT2D eigenvalue weighted by molar-refractivity contribution is 0.483. The molecule has 0 amide bonds. The fourth-order valence-electron chi connectivity index (χ4n) is 1.04. The standard InChI is InChI=1S/C9H21N3/c1-3-8(2)6-4-5-7-12-9(10)11/h8H,3-7H2,1-2H3,(H4,10,11,12). The zero-order valence-electron chi connectivity index (χ0n) is 8.19. The fraction of sp³-hybridized carbons (Fsp3) is 0.889. The third-order valence-corrected chi connectivity index (χ3v) is 2.14. The highest BCUT2D eigenvalue weighted by Gasteiger charge is 1.97. The molecule has 1 atom stereocenters. The molecule has 0 aliphatic heterocycles. The van der Waals surface area contributed by atoms with Crippen molar-refractivity contribution >= 4 is 5.96 Å². The predicted molar refractivity (Wildman–Crippen MR) is 53.2 cm³/mol. The van der Waals surface area contributed by atoms with Gasteiger partial charge in [-0.3, -0.25) is 5.41 Å². The van der Waals surface area contributed by atoms with E-state index in [1.807, 2.05) is 0 Å². The molecule has 3 heteroatoms. The Morgan fingerprint density at radius 3 is 2.67 bits per heavy atom. The minimum atomic E-state index is 0.0820. The van der Waals surface area contributed by atoms with Crippen LogP contribution >= 0.6 is 0 Å². The molecule has 0 aliphatic carbocycles. The summed E-state index contributed by atoms with van der Waals surface area (Å²) in [5, 5.41) is 9.72. The smallest absolute Gasteiger partial charge is 0.185 e. The summed E-state index contributed by atoms with van der Waals surface area (Å²) in [6, 6.07) is 0. The van der Waals surface area contributed by atoms with Crippen LogP contribution in [0.2, 0.25) is 0 Å². The van der Waals surface area contributed by atoms with Crippen molar-refractivity contribution < 1.29 is 0 Å². The Bertz CT molecular complexity index is 123. The Kier molecular flexibility index (Phi) is 6.53. The van der Waals surface area contributed by atoms with Gasteiger partial charge < -0.3 is 11.1 Å². The minimum absolute atomic E-state index is 0.0820. The molecule has 0 radical (unpaired) electrons. The lowest BCUT2D eigenvalue weighted by atomic mass is 10.0. The number of rotatable bonds is 6. The fourth-order valence-corrected chi connectivity index (χ4v) is 1.04. The molecule has 0 spiro atoms. The van der Waals surface area contributed by atoms with E-state index >= 15 is 0 Å². The highest BCUT2D eigenvalue weighted by molar-refractivity contribution is 5.74. The summed E-state index contributed by atoms with van der Waals surface area (Å²) >= 11 is 0. The third kappa shape index (κ3) is 7.38. The zero-order chi connectivity index (χ0) is 9.40. The van der Waals surface area contributed by atoms with Crippen molar-refractivity contribution in [1.29, 1.82) is 5.41 Å². The van der Waals surface area contributed by atoms with Gasteiger partial charge in [0.25, 0.3) is 0 Å². The lowest BCUT2D eigenvalue weighted by Gasteiger charge is -2.07. The van der Waals surface area contributed by atoms with Gasteiger partial charge in [0.1, 0.15) is 0 Å². The van der Waals surface area contributed by atoms with E-state index in [4.69, 9.17) is 11.1 Å². The van der Waals surface area contributed by atoms with E-state index in [0.717, 1.165) is 18.9 Å². The first-order valence-electron chi connectivity index (χ1n) is 4.74. The summed E-state index contributed by atoms with van der Waals surface area (Å²) in [5.74, 6) is 0.917. The molecular weight excluding hydrogens is 150 g/mol. The summed E-state index contributed by atoms with van der Waals surface area (Å²) in [6.45, 7) is 5.34. The second kappa shape index (κ2) is 6.95. The van der Waals surface area contributed by atoms with Gasteiger partial charge in [0.15, 0.2) is 5.96 Å². The van der Waals surface area contributed by atoms with Crippen LogP contribution in [0.1, 0.15) is 39.5 Å². The number of nitrogens with two attached hydrogens (primary N) is 1. The Balaban J connectivity index is 3.05. The van der Waals surface area contributed by atoms with Crippen LogP contribution in [0.15, 0.2) is 0 Å². The molecule has 0 rings (SSSR count).